The number of rotatable bonds is 8. The lowest BCUT2D eigenvalue weighted by atomic mass is 9.95. The second-order valence-corrected chi connectivity index (χ2v) is 8.30. The van der Waals surface area contributed by atoms with Gasteiger partial charge in [-0.1, -0.05) is 29.8 Å². The van der Waals surface area contributed by atoms with Crippen molar-refractivity contribution in [1.29, 1.82) is 0 Å². The summed E-state index contributed by atoms with van der Waals surface area (Å²) >= 11 is 6.09. The highest BCUT2D eigenvalue weighted by Crippen LogP contribution is 2.42. The molecule has 0 spiro atoms. The summed E-state index contributed by atoms with van der Waals surface area (Å²) in [5, 5.41) is 11.9. The van der Waals surface area contributed by atoms with Gasteiger partial charge in [-0.25, -0.2) is 0 Å². The van der Waals surface area contributed by atoms with Crippen LogP contribution < -0.4 is 9.47 Å². The minimum absolute atomic E-state index is 0.0219. The van der Waals surface area contributed by atoms with Gasteiger partial charge in [0.1, 0.15) is 17.3 Å². The molecule has 1 saturated heterocycles. The highest BCUT2D eigenvalue weighted by Gasteiger charge is 2.46. The van der Waals surface area contributed by atoms with Crippen molar-refractivity contribution < 1.29 is 24.2 Å². The first-order chi connectivity index (χ1) is 16.9. The molecule has 1 aromatic heterocycles. The van der Waals surface area contributed by atoms with Gasteiger partial charge in [0.25, 0.3) is 11.7 Å². The van der Waals surface area contributed by atoms with Crippen molar-refractivity contribution in [1.82, 2.24) is 9.88 Å². The van der Waals surface area contributed by atoms with E-state index in [0.717, 1.165) is 5.56 Å². The van der Waals surface area contributed by atoms with Crippen LogP contribution in [0, 0.1) is 0 Å². The van der Waals surface area contributed by atoms with E-state index in [9.17, 15) is 14.7 Å². The van der Waals surface area contributed by atoms with Crippen molar-refractivity contribution in [3.05, 3.63) is 94.3 Å². The van der Waals surface area contributed by atoms with E-state index < -0.39 is 17.7 Å². The predicted molar refractivity (Wildman–Crippen MR) is 132 cm³/mol. The van der Waals surface area contributed by atoms with Gasteiger partial charge < -0.3 is 19.5 Å². The molecular formula is C27H25ClN2O5. The molecule has 1 aliphatic heterocycles. The zero-order valence-corrected chi connectivity index (χ0v) is 20.2. The van der Waals surface area contributed by atoms with Crippen LogP contribution >= 0.6 is 11.6 Å². The number of ether oxygens (including phenoxy) is 2. The van der Waals surface area contributed by atoms with Gasteiger partial charge >= 0.3 is 0 Å². The number of amides is 1. The van der Waals surface area contributed by atoms with Gasteiger partial charge in [-0.05, 0) is 55.3 Å². The van der Waals surface area contributed by atoms with Crippen molar-refractivity contribution in [2.24, 2.45) is 0 Å². The summed E-state index contributed by atoms with van der Waals surface area (Å²) in [7, 11) is 0. The van der Waals surface area contributed by atoms with Crippen LogP contribution in [-0.2, 0) is 16.1 Å². The number of ketones is 1. The van der Waals surface area contributed by atoms with Crippen molar-refractivity contribution in [2.75, 3.05) is 13.2 Å². The van der Waals surface area contributed by atoms with Crippen LogP contribution in [0.4, 0.5) is 0 Å². The highest BCUT2D eigenvalue weighted by atomic mass is 35.5. The fraction of sp³-hybridized carbons (Fsp3) is 0.222. The molecule has 7 nitrogen and oxygen atoms in total. The monoisotopic (exact) mass is 492 g/mol. The first-order valence-electron chi connectivity index (χ1n) is 11.3. The molecule has 2 heterocycles. The number of carbonyl (C=O) groups is 2. The largest absolute Gasteiger partial charge is 0.507 e. The fourth-order valence-corrected chi connectivity index (χ4v) is 4.22. The maximum atomic E-state index is 13.3. The molecule has 4 rings (SSSR count). The van der Waals surface area contributed by atoms with E-state index in [1.54, 1.807) is 60.9 Å². The summed E-state index contributed by atoms with van der Waals surface area (Å²) in [6, 6.07) is 14.6. The van der Waals surface area contributed by atoms with Crippen LogP contribution in [0.15, 0.2) is 72.6 Å². The number of pyridine rings is 1. The third-order valence-corrected chi connectivity index (χ3v) is 5.87. The second-order valence-electron chi connectivity index (χ2n) is 7.86. The van der Waals surface area contributed by atoms with Crippen molar-refractivity contribution in [2.45, 2.75) is 26.4 Å². The number of halogens is 1. The Morgan fingerprint density at radius 2 is 1.80 bits per heavy atom. The average Bonchev–Trinajstić information content (AvgIpc) is 3.10. The number of aliphatic hydroxyl groups is 1. The molecule has 1 amide bonds. The Bertz CT molecular complexity index is 1260. The molecule has 1 aliphatic rings. The van der Waals surface area contributed by atoms with Gasteiger partial charge in [0, 0.05) is 30.0 Å². The van der Waals surface area contributed by atoms with Crippen LogP contribution in [0.5, 0.6) is 11.5 Å². The number of hydrogen-bond acceptors (Lipinski definition) is 6. The minimum atomic E-state index is -0.825. The number of nitrogens with zero attached hydrogens (tertiary/aromatic N) is 2. The Morgan fingerprint density at radius 1 is 1.06 bits per heavy atom. The van der Waals surface area contributed by atoms with E-state index in [1.807, 2.05) is 19.9 Å². The lowest BCUT2D eigenvalue weighted by molar-refractivity contribution is -0.140. The van der Waals surface area contributed by atoms with Crippen molar-refractivity contribution in [3.63, 3.8) is 0 Å². The Labute approximate surface area is 208 Å². The maximum Gasteiger partial charge on any atom is 0.295 e. The summed E-state index contributed by atoms with van der Waals surface area (Å²) in [4.78, 5) is 32.0. The quantitative estimate of drug-likeness (QED) is 0.265. The topological polar surface area (TPSA) is 89.0 Å². The van der Waals surface area contributed by atoms with Gasteiger partial charge in [0.05, 0.1) is 30.4 Å². The van der Waals surface area contributed by atoms with Crippen LogP contribution in [0.1, 0.15) is 36.6 Å². The lowest BCUT2D eigenvalue weighted by Crippen LogP contribution is -2.29. The number of Topliss-reactive ketones (excluding diaryl/α,β-unsaturated/α-hetero) is 1. The zero-order valence-electron chi connectivity index (χ0n) is 19.4. The van der Waals surface area contributed by atoms with Gasteiger partial charge in [-0.3, -0.25) is 14.6 Å². The molecule has 35 heavy (non-hydrogen) atoms. The molecule has 1 unspecified atom stereocenters. The predicted octanol–water partition coefficient (Wildman–Crippen LogP) is 5.15. The molecule has 0 aliphatic carbocycles. The SMILES string of the molecule is CCOc1ccc(/C(O)=C2/C(=O)C(=O)N(Cc3cccnc3)C2c2ccc(Cl)cc2)c(OCC)c1. The first-order valence-corrected chi connectivity index (χ1v) is 11.6. The van der Waals surface area contributed by atoms with E-state index in [1.165, 1.54) is 4.90 Å². The summed E-state index contributed by atoms with van der Waals surface area (Å²) in [6.45, 7) is 4.63. The molecule has 1 fully saturated rings. The van der Waals surface area contributed by atoms with Gasteiger partial charge in [0.2, 0.25) is 0 Å². The molecule has 0 bridgehead atoms. The average molecular weight is 493 g/mol. The number of likely N-dealkylation sites (tertiary alicyclic amines) is 1. The first kappa shape index (κ1) is 24.3. The number of aliphatic hydroxyl groups excluding tert-OH is 1. The number of hydrogen-bond donors (Lipinski definition) is 1. The van der Waals surface area contributed by atoms with Gasteiger partial charge in [0.15, 0.2) is 0 Å². The molecule has 1 atom stereocenters. The van der Waals surface area contributed by atoms with Crippen LogP contribution in [0.3, 0.4) is 0 Å². The Kier molecular flexibility index (Phi) is 7.36. The normalized spacial score (nSPS) is 17.0. The summed E-state index contributed by atoms with van der Waals surface area (Å²) in [5.41, 5.74) is 1.67. The molecular weight excluding hydrogens is 468 g/mol. The van der Waals surface area contributed by atoms with Crippen LogP contribution in [0.25, 0.3) is 5.76 Å². The molecule has 3 aromatic rings. The zero-order chi connectivity index (χ0) is 24.9. The van der Waals surface area contributed by atoms with Gasteiger partial charge in [-0.2, -0.15) is 0 Å². The van der Waals surface area contributed by atoms with E-state index in [4.69, 9.17) is 21.1 Å². The van der Waals surface area contributed by atoms with Crippen LogP contribution in [-0.4, -0.2) is 39.9 Å². The second kappa shape index (κ2) is 10.6. The summed E-state index contributed by atoms with van der Waals surface area (Å²) in [6.07, 6.45) is 3.27. The van der Waals surface area contributed by atoms with E-state index >= 15 is 0 Å². The van der Waals surface area contributed by atoms with Crippen molar-refractivity contribution >= 4 is 29.1 Å². The number of benzene rings is 2. The number of aromatic nitrogens is 1. The maximum absolute atomic E-state index is 13.3. The fourth-order valence-electron chi connectivity index (χ4n) is 4.10. The lowest BCUT2D eigenvalue weighted by Gasteiger charge is -2.25. The Balaban J connectivity index is 1.87. The van der Waals surface area contributed by atoms with Crippen molar-refractivity contribution in [3.8, 4) is 11.5 Å². The molecule has 2 aromatic carbocycles. The minimum Gasteiger partial charge on any atom is -0.507 e. The molecule has 0 saturated carbocycles. The summed E-state index contributed by atoms with van der Waals surface area (Å²) in [5.74, 6) is -0.881. The van der Waals surface area contributed by atoms with E-state index in [2.05, 4.69) is 4.98 Å². The molecule has 8 heteroatoms. The standard InChI is InChI=1S/C27H25ClN2O5/c1-3-34-20-11-12-21(22(14-20)35-4-2)25(31)23-24(18-7-9-19(28)10-8-18)30(27(33)26(23)32)16-17-6-5-13-29-15-17/h5-15,24,31H,3-4,16H2,1-2H3/b25-23-. The Hall–Kier alpha value is -3.84. The highest BCUT2D eigenvalue weighted by molar-refractivity contribution is 6.46. The third kappa shape index (κ3) is 5.00. The molecule has 180 valence electrons. The summed E-state index contributed by atoms with van der Waals surface area (Å²) < 4.78 is 11.3. The van der Waals surface area contributed by atoms with Gasteiger partial charge in [-0.15, -0.1) is 0 Å². The smallest absolute Gasteiger partial charge is 0.295 e. The Morgan fingerprint density at radius 3 is 2.46 bits per heavy atom. The van der Waals surface area contributed by atoms with E-state index in [0.29, 0.717) is 40.9 Å². The molecule has 0 radical (unpaired) electrons. The number of carbonyl (C=O) groups excluding carboxylic acids is 2. The molecule has 1 N–H and O–H groups in total. The van der Waals surface area contributed by atoms with Crippen LogP contribution in [0.2, 0.25) is 5.02 Å². The third-order valence-electron chi connectivity index (χ3n) is 5.62. The van der Waals surface area contributed by atoms with E-state index in [-0.39, 0.29) is 17.9 Å².